The number of aromatic carboxylic acids is 1. The Labute approximate surface area is 157 Å². The molecular weight excluding hydrogens is 350 g/mol. The molecule has 1 N–H and O–H groups in total. The van der Waals surface area contributed by atoms with E-state index in [2.05, 4.69) is 11.9 Å². The Morgan fingerprint density at radius 2 is 2.00 bits per heavy atom. The smallest absolute Gasteiger partial charge is 0.336 e. The minimum Gasteiger partial charge on any atom is -0.496 e. The number of carbonyl (C=O) groups is 1. The molecule has 0 aliphatic carbocycles. The van der Waals surface area contributed by atoms with Gasteiger partial charge in [-0.1, -0.05) is 31.0 Å². The first-order chi connectivity index (χ1) is 12.5. The van der Waals surface area contributed by atoms with Gasteiger partial charge in [0.25, 0.3) is 0 Å². The molecule has 0 unspecified atom stereocenters. The second-order valence-corrected chi connectivity index (χ2v) is 6.60. The van der Waals surface area contributed by atoms with Gasteiger partial charge in [-0.05, 0) is 54.8 Å². The first-order valence-electron chi connectivity index (χ1n) is 8.54. The van der Waals surface area contributed by atoms with Crippen molar-refractivity contribution < 1.29 is 14.6 Å². The molecule has 0 saturated carbocycles. The fourth-order valence-electron chi connectivity index (χ4n) is 3.00. The van der Waals surface area contributed by atoms with E-state index in [1.165, 1.54) is 0 Å². The standard InChI is InChI=1S/C21H20ClNO3/c1-3-4-5-13-6-8-18-15(10-13)16(21(24)25)12-19(23-18)17-11-14(22)7-9-20(17)26-2/h6-12H,3-5H2,1-2H3,(H,24,25). The minimum absolute atomic E-state index is 0.227. The van der Waals surface area contributed by atoms with Crippen LogP contribution >= 0.6 is 11.6 Å². The van der Waals surface area contributed by atoms with Gasteiger partial charge in [0.1, 0.15) is 5.75 Å². The molecule has 0 fully saturated rings. The minimum atomic E-state index is -0.979. The van der Waals surface area contributed by atoms with Gasteiger partial charge in [-0.2, -0.15) is 0 Å². The Bertz CT molecular complexity index is 969. The molecule has 1 heterocycles. The van der Waals surface area contributed by atoms with Crippen LogP contribution in [-0.4, -0.2) is 23.2 Å². The SMILES string of the molecule is CCCCc1ccc2nc(-c3cc(Cl)ccc3OC)cc(C(=O)O)c2c1. The zero-order valence-electron chi connectivity index (χ0n) is 14.8. The monoisotopic (exact) mass is 369 g/mol. The van der Waals surface area contributed by atoms with E-state index in [0.29, 0.717) is 32.9 Å². The van der Waals surface area contributed by atoms with Gasteiger partial charge < -0.3 is 9.84 Å². The summed E-state index contributed by atoms with van der Waals surface area (Å²) in [5.74, 6) is -0.385. The van der Waals surface area contributed by atoms with Gasteiger partial charge in [0.05, 0.1) is 23.9 Å². The molecule has 0 amide bonds. The van der Waals surface area contributed by atoms with Crippen molar-refractivity contribution in [2.45, 2.75) is 26.2 Å². The van der Waals surface area contributed by atoms with E-state index >= 15 is 0 Å². The van der Waals surface area contributed by atoms with Gasteiger partial charge in [-0.25, -0.2) is 9.78 Å². The molecule has 3 aromatic rings. The van der Waals surface area contributed by atoms with E-state index < -0.39 is 5.97 Å². The van der Waals surface area contributed by atoms with Gasteiger partial charge in [-0.15, -0.1) is 0 Å². The average molecular weight is 370 g/mol. The molecule has 4 nitrogen and oxygen atoms in total. The number of methoxy groups -OCH3 is 1. The van der Waals surface area contributed by atoms with Gasteiger partial charge >= 0.3 is 5.97 Å². The summed E-state index contributed by atoms with van der Waals surface area (Å²) in [7, 11) is 1.56. The van der Waals surface area contributed by atoms with E-state index in [9.17, 15) is 9.90 Å². The van der Waals surface area contributed by atoms with Gasteiger partial charge in [-0.3, -0.25) is 0 Å². The molecule has 0 spiro atoms. The van der Waals surface area contributed by atoms with Crippen molar-refractivity contribution in [2.24, 2.45) is 0 Å². The number of carboxylic acid groups (broad SMARTS) is 1. The summed E-state index contributed by atoms with van der Waals surface area (Å²) in [5.41, 5.74) is 3.18. The van der Waals surface area contributed by atoms with Crippen molar-refractivity contribution in [1.29, 1.82) is 0 Å². The van der Waals surface area contributed by atoms with Crippen LogP contribution in [0.4, 0.5) is 0 Å². The van der Waals surface area contributed by atoms with Crippen molar-refractivity contribution in [3.63, 3.8) is 0 Å². The number of aryl methyl sites for hydroxylation is 1. The number of aromatic nitrogens is 1. The summed E-state index contributed by atoms with van der Waals surface area (Å²) in [4.78, 5) is 16.5. The highest BCUT2D eigenvalue weighted by Gasteiger charge is 2.16. The maximum atomic E-state index is 11.9. The quantitative estimate of drug-likeness (QED) is 0.614. The third-order valence-corrected chi connectivity index (χ3v) is 4.60. The van der Waals surface area contributed by atoms with Gasteiger partial charge in [0.2, 0.25) is 0 Å². The van der Waals surface area contributed by atoms with Crippen LogP contribution in [0.5, 0.6) is 5.75 Å². The molecular formula is C21H20ClNO3. The fourth-order valence-corrected chi connectivity index (χ4v) is 3.18. The number of hydrogen-bond donors (Lipinski definition) is 1. The van der Waals surface area contributed by atoms with Crippen LogP contribution in [-0.2, 0) is 6.42 Å². The van der Waals surface area contributed by atoms with E-state index in [1.807, 2.05) is 18.2 Å². The summed E-state index contributed by atoms with van der Waals surface area (Å²) < 4.78 is 5.38. The van der Waals surface area contributed by atoms with Crippen molar-refractivity contribution in [3.8, 4) is 17.0 Å². The number of fused-ring (bicyclic) bond motifs is 1. The van der Waals surface area contributed by atoms with E-state index in [4.69, 9.17) is 16.3 Å². The van der Waals surface area contributed by atoms with Crippen LogP contribution in [0.15, 0.2) is 42.5 Å². The highest BCUT2D eigenvalue weighted by atomic mass is 35.5. The van der Waals surface area contributed by atoms with Gasteiger partial charge in [0.15, 0.2) is 0 Å². The topological polar surface area (TPSA) is 59.4 Å². The maximum absolute atomic E-state index is 11.9. The zero-order chi connectivity index (χ0) is 18.7. The molecule has 0 radical (unpaired) electrons. The number of benzene rings is 2. The zero-order valence-corrected chi connectivity index (χ0v) is 15.5. The third kappa shape index (κ3) is 3.65. The Morgan fingerprint density at radius 3 is 2.69 bits per heavy atom. The number of halogens is 1. The lowest BCUT2D eigenvalue weighted by molar-refractivity contribution is 0.0699. The molecule has 0 saturated heterocycles. The van der Waals surface area contributed by atoms with Crippen molar-refractivity contribution in [3.05, 3.63) is 58.6 Å². The summed E-state index contributed by atoms with van der Waals surface area (Å²) in [6, 6.07) is 12.6. The van der Waals surface area contributed by atoms with Crippen LogP contribution in [0.1, 0.15) is 35.7 Å². The Balaban J connectivity index is 2.20. The highest BCUT2D eigenvalue weighted by molar-refractivity contribution is 6.31. The van der Waals surface area contributed by atoms with Crippen LogP contribution in [0.3, 0.4) is 0 Å². The number of rotatable bonds is 6. The van der Waals surface area contributed by atoms with Crippen LogP contribution in [0.2, 0.25) is 5.02 Å². The summed E-state index contributed by atoms with van der Waals surface area (Å²) >= 11 is 6.11. The number of ether oxygens (including phenoxy) is 1. The number of carboxylic acids is 1. The average Bonchev–Trinajstić information content (AvgIpc) is 2.65. The number of unbranched alkanes of at least 4 members (excludes halogenated alkanes) is 1. The number of hydrogen-bond acceptors (Lipinski definition) is 3. The Hall–Kier alpha value is -2.59. The third-order valence-electron chi connectivity index (χ3n) is 4.36. The predicted molar refractivity (Wildman–Crippen MR) is 104 cm³/mol. The molecule has 5 heteroatoms. The predicted octanol–water partition coefficient (Wildman–Crippen LogP) is 5.60. The summed E-state index contributed by atoms with van der Waals surface area (Å²) in [6.45, 7) is 2.13. The molecule has 0 bridgehead atoms. The van der Waals surface area contributed by atoms with Crippen molar-refractivity contribution in [2.75, 3.05) is 7.11 Å². The van der Waals surface area contributed by atoms with Crippen LogP contribution in [0.25, 0.3) is 22.2 Å². The van der Waals surface area contributed by atoms with Crippen molar-refractivity contribution in [1.82, 2.24) is 4.98 Å². The Morgan fingerprint density at radius 1 is 1.19 bits per heavy atom. The first-order valence-corrected chi connectivity index (χ1v) is 8.92. The van der Waals surface area contributed by atoms with Crippen LogP contribution in [0, 0.1) is 0 Å². The largest absolute Gasteiger partial charge is 0.496 e. The second kappa shape index (κ2) is 7.75. The van der Waals surface area contributed by atoms with E-state index in [1.54, 1.807) is 31.4 Å². The van der Waals surface area contributed by atoms with Crippen molar-refractivity contribution >= 4 is 28.5 Å². The molecule has 1 aromatic heterocycles. The molecule has 26 heavy (non-hydrogen) atoms. The molecule has 134 valence electrons. The normalized spacial score (nSPS) is 10.9. The lowest BCUT2D eigenvalue weighted by atomic mass is 10.00. The molecule has 3 rings (SSSR count). The second-order valence-electron chi connectivity index (χ2n) is 6.16. The van der Waals surface area contributed by atoms with E-state index in [0.717, 1.165) is 24.8 Å². The molecule has 0 aliphatic rings. The lowest BCUT2D eigenvalue weighted by Gasteiger charge is -2.12. The number of nitrogens with zero attached hydrogens (tertiary/aromatic N) is 1. The molecule has 2 aromatic carbocycles. The summed E-state index contributed by atoms with van der Waals surface area (Å²) in [6.07, 6.45) is 3.09. The highest BCUT2D eigenvalue weighted by Crippen LogP contribution is 2.34. The Kier molecular flexibility index (Phi) is 5.43. The van der Waals surface area contributed by atoms with E-state index in [-0.39, 0.29) is 5.56 Å². The summed E-state index contributed by atoms with van der Waals surface area (Å²) in [5, 5.41) is 10.9. The van der Waals surface area contributed by atoms with Crippen LogP contribution < -0.4 is 4.74 Å². The maximum Gasteiger partial charge on any atom is 0.336 e. The molecule has 0 atom stereocenters. The number of pyridine rings is 1. The van der Waals surface area contributed by atoms with Gasteiger partial charge in [0, 0.05) is 16.0 Å². The molecule has 0 aliphatic heterocycles. The first kappa shape index (κ1) is 18.2. The fraction of sp³-hybridized carbons (Fsp3) is 0.238. The lowest BCUT2D eigenvalue weighted by Crippen LogP contribution is -2.01.